The first-order valence-corrected chi connectivity index (χ1v) is 20.0. The fourth-order valence-electron chi connectivity index (χ4n) is 8.46. The molecular formula is C54H35NS. The van der Waals surface area contributed by atoms with Crippen LogP contribution >= 0.6 is 11.3 Å². The predicted octanol–water partition coefficient (Wildman–Crippen LogP) is 16.0. The summed E-state index contributed by atoms with van der Waals surface area (Å²) in [7, 11) is 0. The van der Waals surface area contributed by atoms with Crippen molar-refractivity contribution in [1.29, 1.82) is 0 Å². The third-order valence-electron chi connectivity index (χ3n) is 11.3. The zero-order chi connectivity index (χ0) is 37.0. The third kappa shape index (κ3) is 5.54. The lowest BCUT2D eigenvalue weighted by molar-refractivity contribution is 1.28. The van der Waals surface area contributed by atoms with Crippen molar-refractivity contribution < 1.29 is 0 Å². The lowest BCUT2D eigenvalue weighted by Gasteiger charge is -2.26. The Morgan fingerprint density at radius 2 is 0.786 bits per heavy atom. The van der Waals surface area contributed by atoms with Crippen LogP contribution in [-0.4, -0.2) is 0 Å². The molecule has 0 aliphatic rings. The van der Waals surface area contributed by atoms with Crippen molar-refractivity contribution in [1.82, 2.24) is 0 Å². The Morgan fingerprint density at radius 3 is 1.50 bits per heavy atom. The van der Waals surface area contributed by atoms with E-state index >= 15 is 0 Å². The molecule has 0 fully saturated rings. The van der Waals surface area contributed by atoms with E-state index in [1.165, 1.54) is 85.9 Å². The van der Waals surface area contributed by atoms with Gasteiger partial charge >= 0.3 is 0 Å². The highest BCUT2D eigenvalue weighted by molar-refractivity contribution is 7.26. The molecule has 11 aromatic rings. The van der Waals surface area contributed by atoms with Gasteiger partial charge in [0.05, 0.1) is 0 Å². The Bertz CT molecular complexity index is 3210. The zero-order valence-electron chi connectivity index (χ0n) is 30.6. The maximum atomic E-state index is 2.36. The normalized spacial score (nSPS) is 11.6. The first kappa shape index (κ1) is 32.4. The molecule has 0 unspecified atom stereocenters. The van der Waals surface area contributed by atoms with Crippen LogP contribution in [0.3, 0.4) is 0 Å². The number of hydrogen-bond acceptors (Lipinski definition) is 2. The molecule has 0 bridgehead atoms. The second kappa shape index (κ2) is 13.4. The van der Waals surface area contributed by atoms with Gasteiger partial charge in [-0.15, -0.1) is 11.3 Å². The van der Waals surface area contributed by atoms with Crippen molar-refractivity contribution in [3.8, 4) is 33.4 Å². The standard InChI is InChI=1S/C54H35NS/c1-2-9-36(10-3-1)37-17-26-43(27-18-37)55(45-30-21-40(22-31-45)48-14-8-15-52-51-13-6-7-16-53(51)56-54(48)52)44-28-19-38(20-29-44)41-24-32-47-42(35-41)25-34-49-46-12-5-4-11-39(46)23-33-50(47)49/h1-35H. The summed E-state index contributed by atoms with van der Waals surface area (Å²) in [4.78, 5) is 2.36. The van der Waals surface area contributed by atoms with Crippen molar-refractivity contribution in [2.45, 2.75) is 0 Å². The number of fused-ring (bicyclic) bond motifs is 8. The molecule has 10 aromatic carbocycles. The number of thiophene rings is 1. The van der Waals surface area contributed by atoms with Crippen molar-refractivity contribution in [3.63, 3.8) is 0 Å². The van der Waals surface area contributed by atoms with Gasteiger partial charge in [0.1, 0.15) is 0 Å². The topological polar surface area (TPSA) is 3.24 Å². The molecule has 1 heterocycles. The van der Waals surface area contributed by atoms with Crippen LogP contribution in [0.15, 0.2) is 212 Å². The van der Waals surface area contributed by atoms with Crippen LogP contribution in [-0.2, 0) is 0 Å². The van der Waals surface area contributed by atoms with Gasteiger partial charge in [-0.05, 0) is 114 Å². The summed E-state index contributed by atoms with van der Waals surface area (Å²) in [5.74, 6) is 0. The fraction of sp³-hybridized carbons (Fsp3) is 0. The minimum Gasteiger partial charge on any atom is -0.311 e. The summed E-state index contributed by atoms with van der Waals surface area (Å²) in [6.45, 7) is 0. The molecule has 56 heavy (non-hydrogen) atoms. The fourth-order valence-corrected chi connectivity index (χ4v) is 9.70. The molecule has 2 heteroatoms. The smallest absolute Gasteiger partial charge is 0.0462 e. The maximum absolute atomic E-state index is 2.36. The summed E-state index contributed by atoms with van der Waals surface area (Å²) >= 11 is 1.88. The zero-order valence-corrected chi connectivity index (χ0v) is 31.4. The van der Waals surface area contributed by atoms with Crippen molar-refractivity contribution in [3.05, 3.63) is 212 Å². The van der Waals surface area contributed by atoms with E-state index in [0.717, 1.165) is 17.1 Å². The van der Waals surface area contributed by atoms with Crippen LogP contribution in [0.25, 0.3) is 85.9 Å². The van der Waals surface area contributed by atoms with Crippen LogP contribution in [0.1, 0.15) is 0 Å². The molecule has 0 radical (unpaired) electrons. The van der Waals surface area contributed by atoms with Gasteiger partial charge in [-0.2, -0.15) is 0 Å². The van der Waals surface area contributed by atoms with E-state index < -0.39 is 0 Å². The van der Waals surface area contributed by atoms with E-state index in [4.69, 9.17) is 0 Å². The summed E-state index contributed by atoms with van der Waals surface area (Å²) < 4.78 is 2.66. The molecule has 262 valence electrons. The Kier molecular flexibility index (Phi) is 7.75. The minimum atomic E-state index is 1.11. The Balaban J connectivity index is 0.966. The number of anilines is 3. The molecule has 0 saturated carbocycles. The van der Waals surface area contributed by atoms with Gasteiger partial charge in [-0.1, -0.05) is 164 Å². The molecule has 0 atom stereocenters. The molecule has 0 aliphatic carbocycles. The molecule has 0 saturated heterocycles. The van der Waals surface area contributed by atoms with Gasteiger partial charge < -0.3 is 4.90 Å². The van der Waals surface area contributed by atoms with Crippen LogP contribution < -0.4 is 4.90 Å². The highest BCUT2D eigenvalue weighted by Crippen LogP contribution is 2.42. The lowest BCUT2D eigenvalue weighted by atomic mass is 9.95. The molecule has 0 aliphatic heterocycles. The maximum Gasteiger partial charge on any atom is 0.0462 e. The van der Waals surface area contributed by atoms with Gasteiger partial charge in [0.2, 0.25) is 0 Å². The average molecular weight is 730 g/mol. The van der Waals surface area contributed by atoms with Gasteiger partial charge in [0.25, 0.3) is 0 Å². The second-order valence-corrected chi connectivity index (χ2v) is 15.6. The van der Waals surface area contributed by atoms with E-state index in [1.807, 2.05) is 11.3 Å². The predicted molar refractivity (Wildman–Crippen MR) is 243 cm³/mol. The van der Waals surface area contributed by atoms with E-state index in [1.54, 1.807) is 0 Å². The quantitative estimate of drug-likeness (QED) is 0.154. The molecular weight excluding hydrogens is 695 g/mol. The van der Waals surface area contributed by atoms with Crippen LogP contribution in [0, 0.1) is 0 Å². The van der Waals surface area contributed by atoms with E-state index in [-0.39, 0.29) is 0 Å². The van der Waals surface area contributed by atoms with Crippen molar-refractivity contribution >= 4 is 80.9 Å². The Labute approximate surface area is 330 Å². The number of hydrogen-bond donors (Lipinski definition) is 0. The molecule has 1 aromatic heterocycles. The number of benzene rings is 10. The summed E-state index contributed by atoms with van der Waals surface area (Å²) in [6.07, 6.45) is 0. The Morgan fingerprint density at radius 1 is 0.286 bits per heavy atom. The average Bonchev–Trinajstić information content (AvgIpc) is 3.66. The minimum absolute atomic E-state index is 1.11. The molecule has 1 nitrogen and oxygen atoms in total. The highest BCUT2D eigenvalue weighted by atomic mass is 32.1. The number of nitrogens with zero attached hydrogens (tertiary/aromatic N) is 1. The summed E-state index contributed by atoms with van der Waals surface area (Å²) in [5.41, 5.74) is 10.7. The molecule has 0 amide bonds. The van der Waals surface area contributed by atoms with Crippen LogP contribution in [0.5, 0.6) is 0 Å². The lowest BCUT2D eigenvalue weighted by Crippen LogP contribution is -2.09. The van der Waals surface area contributed by atoms with E-state index in [2.05, 4.69) is 217 Å². The van der Waals surface area contributed by atoms with Crippen molar-refractivity contribution in [2.24, 2.45) is 0 Å². The van der Waals surface area contributed by atoms with Crippen LogP contribution in [0.4, 0.5) is 17.1 Å². The van der Waals surface area contributed by atoms with Gasteiger partial charge in [0.15, 0.2) is 0 Å². The molecule has 0 spiro atoms. The second-order valence-electron chi connectivity index (χ2n) is 14.5. The highest BCUT2D eigenvalue weighted by Gasteiger charge is 2.16. The van der Waals surface area contributed by atoms with E-state index in [0.29, 0.717) is 0 Å². The largest absolute Gasteiger partial charge is 0.311 e. The van der Waals surface area contributed by atoms with Crippen molar-refractivity contribution in [2.75, 3.05) is 4.90 Å². The van der Waals surface area contributed by atoms with Crippen LogP contribution in [0.2, 0.25) is 0 Å². The third-order valence-corrected chi connectivity index (χ3v) is 12.5. The first-order valence-electron chi connectivity index (χ1n) is 19.2. The summed E-state index contributed by atoms with van der Waals surface area (Å²) in [6, 6.07) is 77.6. The molecule has 11 rings (SSSR count). The van der Waals surface area contributed by atoms with E-state index in [9.17, 15) is 0 Å². The molecule has 0 N–H and O–H groups in total. The van der Waals surface area contributed by atoms with Gasteiger partial charge in [-0.25, -0.2) is 0 Å². The van der Waals surface area contributed by atoms with Gasteiger partial charge in [-0.3, -0.25) is 0 Å². The monoisotopic (exact) mass is 729 g/mol. The van der Waals surface area contributed by atoms with Gasteiger partial charge in [0, 0.05) is 37.2 Å². The first-order chi connectivity index (χ1) is 27.7. The SMILES string of the molecule is c1ccc(-c2ccc(N(c3ccc(-c4ccc5c(ccc6c7ccccc7ccc56)c4)cc3)c3ccc(-c4cccc5c4sc4ccccc45)cc3)cc2)cc1. The Hall–Kier alpha value is -7.00. The number of rotatable bonds is 6. The summed E-state index contributed by atoms with van der Waals surface area (Å²) in [5, 5.41) is 10.4.